The summed E-state index contributed by atoms with van der Waals surface area (Å²) in [5.41, 5.74) is -0.142. The van der Waals surface area contributed by atoms with Crippen LogP contribution in [0.15, 0.2) is 36.7 Å². The summed E-state index contributed by atoms with van der Waals surface area (Å²) in [5, 5.41) is 0. The summed E-state index contributed by atoms with van der Waals surface area (Å²) in [4.78, 5) is 6.58. The van der Waals surface area contributed by atoms with E-state index in [9.17, 15) is 17.6 Å². The van der Waals surface area contributed by atoms with Gasteiger partial charge in [-0.25, -0.2) is 9.97 Å². The summed E-state index contributed by atoms with van der Waals surface area (Å²) in [6, 6.07) is 4.69. The average Bonchev–Trinajstić information content (AvgIpc) is 2.29. The van der Waals surface area contributed by atoms with Crippen molar-refractivity contribution in [1.29, 1.82) is 0 Å². The second kappa shape index (κ2) is 4.12. The number of aromatic nitrogens is 2. The molecule has 1 aromatic carbocycles. The summed E-state index contributed by atoms with van der Waals surface area (Å²) in [5.74, 6) is 0. The number of hydrogen-bond donors (Lipinski definition) is 0. The lowest BCUT2D eigenvalue weighted by molar-refractivity contribution is -0.137. The van der Waals surface area contributed by atoms with Crippen molar-refractivity contribution in [1.82, 2.24) is 9.97 Å². The molecule has 0 unspecified atom stereocenters. The van der Waals surface area contributed by atoms with Crippen LogP contribution in [-0.2, 0) is 6.18 Å². The molecule has 0 aliphatic heterocycles. The van der Waals surface area contributed by atoms with Crippen molar-refractivity contribution in [3.63, 3.8) is 0 Å². The Balaban J connectivity index is 2.43. The zero-order valence-electron chi connectivity index (χ0n) is 8.37. The second-order valence-corrected chi connectivity index (χ2v) is 3.32. The lowest BCUT2D eigenvalue weighted by Gasteiger charge is -2.08. The van der Waals surface area contributed by atoms with Crippen LogP contribution >= 0.6 is 0 Å². The van der Waals surface area contributed by atoms with Gasteiger partial charge >= 0.3 is 12.3 Å². The molecule has 6 heteroatoms. The first-order valence-corrected chi connectivity index (χ1v) is 4.62. The molecule has 0 fully saturated rings. The standard InChI is InChI=1S/C11H6F4N2/c12-10-16-5-8(6-17-10)7-2-1-3-9(4-7)11(13,14)15/h1-6H. The van der Waals surface area contributed by atoms with Crippen molar-refractivity contribution < 1.29 is 17.6 Å². The van der Waals surface area contributed by atoms with Gasteiger partial charge in [0.2, 0.25) is 0 Å². The normalized spacial score (nSPS) is 11.5. The third kappa shape index (κ3) is 2.58. The van der Waals surface area contributed by atoms with Crippen LogP contribution in [0.5, 0.6) is 0 Å². The predicted molar refractivity (Wildman–Crippen MR) is 52.4 cm³/mol. The first-order valence-electron chi connectivity index (χ1n) is 4.62. The Morgan fingerprint density at radius 2 is 1.59 bits per heavy atom. The molecule has 17 heavy (non-hydrogen) atoms. The minimum absolute atomic E-state index is 0.292. The van der Waals surface area contributed by atoms with Crippen molar-refractivity contribution in [3.8, 4) is 11.1 Å². The Bertz CT molecular complexity index is 520. The van der Waals surface area contributed by atoms with E-state index in [1.54, 1.807) is 0 Å². The molecule has 0 aliphatic carbocycles. The molecule has 88 valence electrons. The fourth-order valence-electron chi connectivity index (χ4n) is 1.34. The highest BCUT2D eigenvalue weighted by Gasteiger charge is 2.30. The molecule has 2 aromatic rings. The quantitative estimate of drug-likeness (QED) is 0.566. The first kappa shape index (κ1) is 11.5. The molecule has 0 amide bonds. The summed E-state index contributed by atoms with van der Waals surface area (Å²) < 4.78 is 49.8. The van der Waals surface area contributed by atoms with Crippen LogP contribution < -0.4 is 0 Å². The predicted octanol–water partition coefficient (Wildman–Crippen LogP) is 3.30. The summed E-state index contributed by atoms with van der Waals surface area (Å²) in [7, 11) is 0. The fraction of sp³-hybridized carbons (Fsp3) is 0.0909. The van der Waals surface area contributed by atoms with Gasteiger partial charge in [-0.15, -0.1) is 0 Å². The van der Waals surface area contributed by atoms with Crippen LogP contribution in [0.25, 0.3) is 11.1 Å². The van der Waals surface area contributed by atoms with E-state index in [2.05, 4.69) is 9.97 Å². The van der Waals surface area contributed by atoms with Gasteiger partial charge in [0.1, 0.15) is 0 Å². The molecule has 0 aliphatic rings. The molecule has 0 radical (unpaired) electrons. The molecular formula is C11H6F4N2. The largest absolute Gasteiger partial charge is 0.416 e. The summed E-state index contributed by atoms with van der Waals surface area (Å²) in [6.07, 6.45) is -3.05. The van der Waals surface area contributed by atoms with E-state index in [-0.39, 0.29) is 0 Å². The van der Waals surface area contributed by atoms with Crippen molar-refractivity contribution in [2.45, 2.75) is 6.18 Å². The van der Waals surface area contributed by atoms with E-state index in [1.807, 2.05) is 0 Å². The zero-order valence-corrected chi connectivity index (χ0v) is 8.37. The van der Waals surface area contributed by atoms with Gasteiger partial charge in [-0.05, 0) is 17.7 Å². The van der Waals surface area contributed by atoms with Crippen LogP contribution in [0.2, 0.25) is 0 Å². The molecule has 0 saturated heterocycles. The molecule has 2 rings (SSSR count). The van der Waals surface area contributed by atoms with Gasteiger partial charge in [-0.3, -0.25) is 0 Å². The highest BCUT2D eigenvalue weighted by atomic mass is 19.4. The number of rotatable bonds is 1. The Labute approximate surface area is 94.0 Å². The van der Waals surface area contributed by atoms with Gasteiger partial charge in [0, 0.05) is 18.0 Å². The van der Waals surface area contributed by atoms with Crippen LogP contribution in [0, 0.1) is 6.08 Å². The van der Waals surface area contributed by atoms with E-state index in [1.165, 1.54) is 12.1 Å². The molecular weight excluding hydrogens is 236 g/mol. The van der Waals surface area contributed by atoms with E-state index in [0.717, 1.165) is 24.5 Å². The topological polar surface area (TPSA) is 25.8 Å². The minimum Gasteiger partial charge on any atom is -0.210 e. The van der Waals surface area contributed by atoms with Crippen molar-refractivity contribution in [2.24, 2.45) is 0 Å². The number of benzene rings is 1. The Morgan fingerprint density at radius 1 is 0.941 bits per heavy atom. The monoisotopic (exact) mass is 242 g/mol. The first-order chi connectivity index (χ1) is 7.97. The smallest absolute Gasteiger partial charge is 0.210 e. The van der Waals surface area contributed by atoms with Gasteiger partial charge in [0.05, 0.1) is 5.56 Å². The van der Waals surface area contributed by atoms with Gasteiger partial charge in [-0.1, -0.05) is 12.1 Å². The minimum atomic E-state index is -4.41. The van der Waals surface area contributed by atoms with Crippen LogP contribution in [0.1, 0.15) is 5.56 Å². The Kier molecular flexibility index (Phi) is 2.79. The third-order valence-electron chi connectivity index (χ3n) is 2.14. The third-order valence-corrected chi connectivity index (χ3v) is 2.14. The number of alkyl halides is 3. The highest BCUT2D eigenvalue weighted by molar-refractivity contribution is 5.62. The second-order valence-electron chi connectivity index (χ2n) is 3.32. The fourth-order valence-corrected chi connectivity index (χ4v) is 1.34. The van der Waals surface area contributed by atoms with Crippen LogP contribution in [0.3, 0.4) is 0 Å². The molecule has 0 saturated carbocycles. The number of halogens is 4. The molecule has 0 N–H and O–H groups in total. The van der Waals surface area contributed by atoms with Crippen molar-refractivity contribution >= 4 is 0 Å². The molecule has 0 atom stereocenters. The maximum atomic E-state index is 12.5. The molecule has 1 heterocycles. The van der Waals surface area contributed by atoms with Gasteiger partial charge in [0.15, 0.2) is 0 Å². The molecule has 0 spiro atoms. The van der Waals surface area contributed by atoms with Gasteiger partial charge in [-0.2, -0.15) is 17.6 Å². The van der Waals surface area contributed by atoms with Crippen LogP contribution in [-0.4, -0.2) is 9.97 Å². The Hall–Kier alpha value is -1.98. The average molecular weight is 242 g/mol. The van der Waals surface area contributed by atoms with E-state index < -0.39 is 17.8 Å². The molecule has 0 bridgehead atoms. The Morgan fingerprint density at radius 3 is 2.18 bits per heavy atom. The van der Waals surface area contributed by atoms with E-state index >= 15 is 0 Å². The lowest BCUT2D eigenvalue weighted by atomic mass is 10.1. The number of hydrogen-bond acceptors (Lipinski definition) is 2. The zero-order chi connectivity index (χ0) is 12.5. The summed E-state index contributed by atoms with van der Waals surface area (Å²) >= 11 is 0. The van der Waals surface area contributed by atoms with Crippen molar-refractivity contribution in [3.05, 3.63) is 48.3 Å². The lowest BCUT2D eigenvalue weighted by Crippen LogP contribution is -2.04. The van der Waals surface area contributed by atoms with E-state index in [0.29, 0.717) is 11.1 Å². The van der Waals surface area contributed by atoms with Gasteiger partial charge < -0.3 is 0 Å². The number of nitrogens with zero attached hydrogens (tertiary/aromatic N) is 2. The highest BCUT2D eigenvalue weighted by Crippen LogP contribution is 2.31. The molecule has 2 nitrogen and oxygen atoms in total. The molecule has 1 aromatic heterocycles. The van der Waals surface area contributed by atoms with Crippen molar-refractivity contribution in [2.75, 3.05) is 0 Å². The SMILES string of the molecule is Fc1ncc(-c2cccc(C(F)(F)F)c2)cn1. The van der Waals surface area contributed by atoms with Crippen LogP contribution in [0.4, 0.5) is 17.6 Å². The van der Waals surface area contributed by atoms with E-state index in [4.69, 9.17) is 0 Å². The van der Waals surface area contributed by atoms with Gasteiger partial charge in [0.25, 0.3) is 0 Å². The maximum Gasteiger partial charge on any atom is 0.416 e. The summed E-state index contributed by atoms with van der Waals surface area (Å²) in [6.45, 7) is 0. The maximum absolute atomic E-state index is 12.5.